The minimum Gasteiger partial charge on any atom is -0.346 e. The van der Waals surface area contributed by atoms with Gasteiger partial charge in [-0.05, 0) is 48.2 Å². The third kappa shape index (κ3) is 3.74. The van der Waals surface area contributed by atoms with Crippen molar-refractivity contribution in [2.24, 2.45) is 0 Å². The topological polar surface area (TPSA) is 69.8 Å². The summed E-state index contributed by atoms with van der Waals surface area (Å²) in [6.45, 7) is 7.25. The first kappa shape index (κ1) is 17.5. The van der Waals surface area contributed by atoms with Gasteiger partial charge in [0, 0.05) is 12.1 Å². The second-order valence-electron chi connectivity index (χ2n) is 5.42. The van der Waals surface area contributed by atoms with Crippen molar-refractivity contribution in [2.75, 3.05) is 6.54 Å². The van der Waals surface area contributed by atoms with E-state index < -0.39 is 0 Å². The number of halogens is 2. The number of hydrogen-bond acceptors (Lipinski definition) is 3. The minimum atomic E-state index is -0.115. The molecular weight excluding hydrogens is 344 g/mol. The Bertz CT molecular complexity index is 463. The first-order valence-corrected chi connectivity index (χ1v) is 7.58. The molecule has 1 aromatic heterocycles. The van der Waals surface area contributed by atoms with Crippen LogP contribution in [-0.4, -0.2) is 34.7 Å². The molecule has 1 aliphatic heterocycles. The van der Waals surface area contributed by atoms with E-state index in [0.29, 0.717) is 17.7 Å². The van der Waals surface area contributed by atoms with Crippen LogP contribution < -0.4 is 10.6 Å². The molecule has 0 spiro atoms. The highest BCUT2D eigenvalue weighted by atomic mass is 79.9. The van der Waals surface area contributed by atoms with Crippen molar-refractivity contribution < 1.29 is 4.79 Å². The standard InChI is InChI=1S/C13H21BrN4O.ClH/c1-7(2)11-10(14)12(18-17-11)13(19)16-9-5-4-6-15-8(9)3;/h7-9,15H,4-6H2,1-3H3,(H,16,19)(H,17,18);1H. The normalized spacial score (nSPS) is 22.4. The fourth-order valence-electron chi connectivity index (χ4n) is 2.35. The molecule has 0 saturated carbocycles. The van der Waals surface area contributed by atoms with Crippen molar-refractivity contribution in [1.29, 1.82) is 0 Å². The largest absolute Gasteiger partial charge is 0.346 e. The number of H-pyrrole nitrogens is 1. The lowest BCUT2D eigenvalue weighted by atomic mass is 10.00. The number of rotatable bonds is 3. The van der Waals surface area contributed by atoms with E-state index >= 15 is 0 Å². The third-order valence-electron chi connectivity index (χ3n) is 3.60. The average molecular weight is 366 g/mol. The summed E-state index contributed by atoms with van der Waals surface area (Å²) in [4.78, 5) is 12.3. The summed E-state index contributed by atoms with van der Waals surface area (Å²) in [6, 6.07) is 0.479. The Balaban J connectivity index is 0.00000200. The molecule has 3 N–H and O–H groups in total. The second kappa shape index (κ2) is 7.43. The second-order valence-corrected chi connectivity index (χ2v) is 6.21. The molecule has 1 aromatic rings. The highest BCUT2D eigenvalue weighted by molar-refractivity contribution is 9.10. The van der Waals surface area contributed by atoms with E-state index in [0.717, 1.165) is 29.6 Å². The van der Waals surface area contributed by atoms with Gasteiger partial charge in [0.2, 0.25) is 0 Å². The van der Waals surface area contributed by atoms with Gasteiger partial charge in [-0.3, -0.25) is 9.89 Å². The van der Waals surface area contributed by atoms with Crippen molar-refractivity contribution in [3.8, 4) is 0 Å². The van der Waals surface area contributed by atoms with Crippen LogP contribution in [0.25, 0.3) is 0 Å². The molecule has 0 aromatic carbocycles. The lowest BCUT2D eigenvalue weighted by Crippen LogP contribution is -2.52. The van der Waals surface area contributed by atoms with Gasteiger partial charge < -0.3 is 10.6 Å². The Hall–Kier alpha value is -0.590. The molecule has 0 bridgehead atoms. The van der Waals surface area contributed by atoms with Gasteiger partial charge in [0.05, 0.1) is 10.2 Å². The number of hydrogen-bond donors (Lipinski definition) is 3. The average Bonchev–Trinajstić information content (AvgIpc) is 2.74. The summed E-state index contributed by atoms with van der Waals surface area (Å²) in [5.41, 5.74) is 1.40. The molecular formula is C13H22BrClN4O. The van der Waals surface area contributed by atoms with Crippen LogP contribution in [-0.2, 0) is 0 Å². The maximum atomic E-state index is 12.3. The molecule has 114 valence electrons. The number of aromatic nitrogens is 2. The predicted octanol–water partition coefficient (Wildman–Crippen LogP) is 2.59. The quantitative estimate of drug-likeness (QED) is 0.771. The summed E-state index contributed by atoms with van der Waals surface area (Å²) in [6.07, 6.45) is 2.10. The zero-order chi connectivity index (χ0) is 14.0. The lowest BCUT2D eigenvalue weighted by molar-refractivity contribution is 0.0914. The Morgan fingerprint density at radius 1 is 1.50 bits per heavy atom. The van der Waals surface area contributed by atoms with Crippen molar-refractivity contribution in [1.82, 2.24) is 20.8 Å². The Labute approximate surface area is 134 Å². The van der Waals surface area contributed by atoms with Crippen LogP contribution in [0.2, 0.25) is 0 Å². The SMILES string of the molecule is CC(C)c1[nH]nc(C(=O)NC2CCCNC2C)c1Br.Cl. The number of nitrogens with zero attached hydrogens (tertiary/aromatic N) is 1. The fourth-order valence-corrected chi connectivity index (χ4v) is 3.17. The van der Waals surface area contributed by atoms with Crippen molar-refractivity contribution in [3.63, 3.8) is 0 Å². The highest BCUT2D eigenvalue weighted by Gasteiger charge is 2.25. The van der Waals surface area contributed by atoms with Crippen LogP contribution in [0.4, 0.5) is 0 Å². The number of piperidine rings is 1. The van der Waals surface area contributed by atoms with E-state index in [1.807, 2.05) is 0 Å². The number of nitrogens with one attached hydrogen (secondary N) is 3. The maximum Gasteiger partial charge on any atom is 0.273 e. The Kier molecular flexibility index (Phi) is 6.48. The van der Waals surface area contributed by atoms with Crippen molar-refractivity contribution in [2.45, 2.75) is 51.6 Å². The van der Waals surface area contributed by atoms with E-state index in [9.17, 15) is 4.79 Å². The summed E-state index contributed by atoms with van der Waals surface area (Å²) in [5, 5.41) is 13.5. The van der Waals surface area contributed by atoms with Gasteiger partial charge in [0.25, 0.3) is 5.91 Å². The van der Waals surface area contributed by atoms with Gasteiger partial charge in [-0.1, -0.05) is 13.8 Å². The van der Waals surface area contributed by atoms with Gasteiger partial charge in [-0.15, -0.1) is 12.4 Å². The van der Waals surface area contributed by atoms with E-state index in [2.05, 4.69) is 57.5 Å². The first-order chi connectivity index (χ1) is 9.00. The smallest absolute Gasteiger partial charge is 0.273 e. The van der Waals surface area contributed by atoms with Crippen LogP contribution in [0.5, 0.6) is 0 Å². The molecule has 1 aliphatic rings. The summed E-state index contributed by atoms with van der Waals surface area (Å²) >= 11 is 3.46. The summed E-state index contributed by atoms with van der Waals surface area (Å²) in [5.74, 6) is 0.189. The summed E-state index contributed by atoms with van der Waals surface area (Å²) in [7, 11) is 0. The van der Waals surface area contributed by atoms with E-state index in [1.54, 1.807) is 0 Å². The molecule has 1 fully saturated rings. The zero-order valence-corrected chi connectivity index (χ0v) is 14.4. The molecule has 20 heavy (non-hydrogen) atoms. The van der Waals surface area contributed by atoms with Gasteiger partial charge in [0.1, 0.15) is 0 Å². The van der Waals surface area contributed by atoms with Gasteiger partial charge in [0.15, 0.2) is 5.69 Å². The molecule has 1 amide bonds. The molecule has 2 atom stereocenters. The highest BCUT2D eigenvalue weighted by Crippen LogP contribution is 2.25. The number of carbonyl (C=O) groups excluding carboxylic acids is 1. The molecule has 2 heterocycles. The monoisotopic (exact) mass is 364 g/mol. The van der Waals surface area contributed by atoms with E-state index in [4.69, 9.17) is 0 Å². The zero-order valence-electron chi connectivity index (χ0n) is 12.0. The van der Waals surface area contributed by atoms with E-state index in [-0.39, 0.29) is 24.4 Å². The molecule has 0 radical (unpaired) electrons. The third-order valence-corrected chi connectivity index (χ3v) is 4.41. The Morgan fingerprint density at radius 2 is 2.20 bits per heavy atom. The van der Waals surface area contributed by atoms with Gasteiger partial charge in [-0.25, -0.2) is 0 Å². The molecule has 7 heteroatoms. The maximum absolute atomic E-state index is 12.3. The lowest BCUT2D eigenvalue weighted by Gasteiger charge is -2.30. The minimum absolute atomic E-state index is 0. The van der Waals surface area contributed by atoms with E-state index in [1.165, 1.54) is 0 Å². The molecule has 2 unspecified atom stereocenters. The Morgan fingerprint density at radius 3 is 2.75 bits per heavy atom. The molecule has 5 nitrogen and oxygen atoms in total. The summed E-state index contributed by atoms with van der Waals surface area (Å²) < 4.78 is 0.774. The van der Waals surface area contributed by atoms with Crippen molar-refractivity contribution >= 4 is 34.2 Å². The van der Waals surface area contributed by atoms with Crippen LogP contribution in [0.3, 0.4) is 0 Å². The first-order valence-electron chi connectivity index (χ1n) is 6.78. The molecule has 2 rings (SSSR count). The van der Waals surface area contributed by atoms with Crippen molar-refractivity contribution in [3.05, 3.63) is 15.9 Å². The molecule has 0 aliphatic carbocycles. The van der Waals surface area contributed by atoms with Gasteiger partial charge in [-0.2, -0.15) is 5.10 Å². The number of carbonyl (C=O) groups is 1. The van der Waals surface area contributed by atoms with Crippen LogP contribution in [0, 0.1) is 0 Å². The van der Waals surface area contributed by atoms with Crippen LogP contribution in [0.15, 0.2) is 4.47 Å². The molecule has 1 saturated heterocycles. The van der Waals surface area contributed by atoms with Gasteiger partial charge >= 0.3 is 0 Å². The fraction of sp³-hybridized carbons (Fsp3) is 0.692. The number of amides is 1. The van der Waals surface area contributed by atoms with Crippen LogP contribution in [0.1, 0.15) is 55.7 Å². The number of aromatic amines is 1. The predicted molar refractivity (Wildman–Crippen MR) is 85.6 cm³/mol. The van der Waals surface area contributed by atoms with Crippen LogP contribution >= 0.6 is 28.3 Å².